The number of urea groups is 1. The van der Waals surface area contributed by atoms with Crippen LogP contribution in [0.2, 0.25) is 0 Å². The maximum atomic E-state index is 13.5. The summed E-state index contributed by atoms with van der Waals surface area (Å²) in [7, 11) is 0. The van der Waals surface area contributed by atoms with Gasteiger partial charge < -0.3 is 5.32 Å². The van der Waals surface area contributed by atoms with Crippen LogP contribution in [0.25, 0.3) is 0 Å². The minimum Gasteiger partial charge on any atom is -0.333 e. The van der Waals surface area contributed by atoms with Crippen molar-refractivity contribution in [2.45, 2.75) is 32.4 Å². The first-order chi connectivity index (χ1) is 11.0. The molecule has 0 radical (unpaired) electrons. The number of benzene rings is 1. The van der Waals surface area contributed by atoms with Crippen molar-refractivity contribution in [2.75, 3.05) is 11.4 Å². The van der Waals surface area contributed by atoms with E-state index in [4.69, 9.17) is 0 Å². The minimum absolute atomic E-state index is 0.141. The Hall–Kier alpha value is -2.44. The van der Waals surface area contributed by atoms with E-state index < -0.39 is 11.6 Å². The van der Waals surface area contributed by atoms with Crippen LogP contribution < -0.4 is 10.2 Å². The number of nitrogens with zero attached hydrogens (tertiary/aromatic N) is 3. The van der Waals surface area contributed by atoms with E-state index in [0.717, 1.165) is 12.5 Å². The molecule has 23 heavy (non-hydrogen) atoms. The van der Waals surface area contributed by atoms with Gasteiger partial charge in [0.1, 0.15) is 0 Å². The summed E-state index contributed by atoms with van der Waals surface area (Å²) in [5, 5.41) is 6.97. The summed E-state index contributed by atoms with van der Waals surface area (Å²) in [6.45, 7) is 2.89. The molecular weight excluding hydrogens is 302 g/mol. The zero-order chi connectivity index (χ0) is 16.4. The van der Waals surface area contributed by atoms with Gasteiger partial charge in [-0.25, -0.2) is 13.6 Å². The Morgan fingerprint density at radius 3 is 2.91 bits per heavy atom. The minimum atomic E-state index is -0.937. The number of nitrogens with one attached hydrogen (secondary N) is 1. The van der Waals surface area contributed by atoms with Gasteiger partial charge in [0.25, 0.3) is 0 Å². The largest absolute Gasteiger partial charge is 0.333 e. The Labute approximate surface area is 132 Å². The first-order valence-corrected chi connectivity index (χ1v) is 7.58. The Kier molecular flexibility index (Phi) is 4.27. The van der Waals surface area contributed by atoms with Crippen molar-refractivity contribution in [1.29, 1.82) is 0 Å². The van der Waals surface area contributed by atoms with E-state index in [9.17, 15) is 13.6 Å². The van der Waals surface area contributed by atoms with E-state index in [2.05, 4.69) is 10.4 Å². The summed E-state index contributed by atoms with van der Waals surface area (Å²) in [6, 6.07) is 3.64. The number of anilines is 1. The Morgan fingerprint density at radius 2 is 2.17 bits per heavy atom. The van der Waals surface area contributed by atoms with Gasteiger partial charge in [0.05, 0.1) is 12.2 Å². The average molecular weight is 320 g/mol. The van der Waals surface area contributed by atoms with Crippen molar-refractivity contribution < 1.29 is 13.6 Å². The fraction of sp³-hybridized carbons (Fsp3) is 0.375. The predicted octanol–water partition coefficient (Wildman–Crippen LogP) is 2.71. The lowest BCUT2D eigenvalue weighted by atomic mass is 10.0. The van der Waals surface area contributed by atoms with Crippen LogP contribution in [-0.4, -0.2) is 28.4 Å². The van der Waals surface area contributed by atoms with Gasteiger partial charge in [-0.05, 0) is 37.5 Å². The molecule has 0 saturated heterocycles. The van der Waals surface area contributed by atoms with Crippen LogP contribution in [0.4, 0.5) is 19.3 Å². The number of carbonyl (C=O) groups excluding carboxylic acids is 1. The molecule has 1 aromatic heterocycles. The Bertz CT molecular complexity index is 702. The highest BCUT2D eigenvalue weighted by Gasteiger charge is 2.25. The van der Waals surface area contributed by atoms with Crippen LogP contribution in [0, 0.1) is 11.6 Å². The zero-order valence-corrected chi connectivity index (χ0v) is 12.8. The molecule has 0 bridgehead atoms. The van der Waals surface area contributed by atoms with Gasteiger partial charge in [-0.2, -0.15) is 5.10 Å². The van der Waals surface area contributed by atoms with E-state index in [1.165, 1.54) is 11.0 Å². The molecule has 2 heterocycles. The maximum absolute atomic E-state index is 13.5. The molecule has 7 heteroatoms. The van der Waals surface area contributed by atoms with Crippen LogP contribution in [0.15, 0.2) is 30.6 Å². The van der Waals surface area contributed by atoms with Gasteiger partial charge in [0, 0.05) is 31.0 Å². The molecule has 1 aromatic carbocycles. The fourth-order valence-electron chi connectivity index (χ4n) is 2.81. The van der Waals surface area contributed by atoms with Gasteiger partial charge in [-0.15, -0.1) is 0 Å². The smallest absolute Gasteiger partial charge is 0.322 e. The summed E-state index contributed by atoms with van der Waals surface area (Å²) in [4.78, 5) is 13.9. The molecule has 1 N–H and O–H groups in total. The highest BCUT2D eigenvalue weighted by Crippen LogP contribution is 2.29. The van der Waals surface area contributed by atoms with Gasteiger partial charge in [-0.3, -0.25) is 9.58 Å². The van der Waals surface area contributed by atoms with Crippen LogP contribution in [-0.2, 0) is 13.0 Å². The van der Waals surface area contributed by atoms with Crippen molar-refractivity contribution in [2.24, 2.45) is 0 Å². The third-order valence-electron chi connectivity index (χ3n) is 3.88. The van der Waals surface area contributed by atoms with Crippen LogP contribution in [0.5, 0.6) is 0 Å². The van der Waals surface area contributed by atoms with E-state index >= 15 is 0 Å². The molecule has 3 rings (SSSR count). The topological polar surface area (TPSA) is 50.2 Å². The van der Waals surface area contributed by atoms with Crippen molar-refractivity contribution in [3.8, 4) is 0 Å². The van der Waals surface area contributed by atoms with Crippen molar-refractivity contribution in [1.82, 2.24) is 15.1 Å². The van der Waals surface area contributed by atoms with Crippen molar-refractivity contribution in [3.05, 3.63) is 47.8 Å². The second kappa shape index (κ2) is 6.36. The molecule has 2 amide bonds. The molecule has 0 spiro atoms. The summed E-state index contributed by atoms with van der Waals surface area (Å²) < 4.78 is 28.6. The Morgan fingerprint density at radius 1 is 1.39 bits per heavy atom. The molecule has 1 atom stereocenters. The average Bonchev–Trinajstić information content (AvgIpc) is 3.00. The lowest BCUT2D eigenvalue weighted by Crippen LogP contribution is -2.47. The number of amides is 2. The molecule has 5 nitrogen and oxygen atoms in total. The van der Waals surface area contributed by atoms with Gasteiger partial charge in [-0.1, -0.05) is 0 Å². The quantitative estimate of drug-likeness (QED) is 0.945. The van der Waals surface area contributed by atoms with Gasteiger partial charge >= 0.3 is 6.03 Å². The number of aryl methyl sites for hydroxylation is 1. The lowest BCUT2D eigenvalue weighted by molar-refractivity contribution is 0.241. The monoisotopic (exact) mass is 320 g/mol. The van der Waals surface area contributed by atoms with E-state index in [1.54, 1.807) is 10.9 Å². The third kappa shape index (κ3) is 3.33. The second-order valence-corrected chi connectivity index (χ2v) is 5.73. The summed E-state index contributed by atoms with van der Waals surface area (Å²) >= 11 is 0. The first kappa shape index (κ1) is 15.5. The standard InChI is InChI=1S/C16H18F2N4O/c1-11(10-21-6-3-5-19-21)20-16(23)22-7-2-4-12-8-13(17)14(18)9-15(12)22/h3,5-6,8-9,11H,2,4,7,10H2,1H3,(H,20,23). The maximum Gasteiger partial charge on any atom is 0.322 e. The van der Waals surface area contributed by atoms with Crippen LogP contribution in [0.3, 0.4) is 0 Å². The second-order valence-electron chi connectivity index (χ2n) is 5.73. The normalized spacial score (nSPS) is 15.2. The summed E-state index contributed by atoms with van der Waals surface area (Å²) in [5.41, 5.74) is 1.10. The van der Waals surface area contributed by atoms with Crippen LogP contribution in [0.1, 0.15) is 18.9 Å². The number of hydrogen-bond acceptors (Lipinski definition) is 2. The molecule has 122 valence electrons. The van der Waals surface area contributed by atoms with Gasteiger partial charge in [0.15, 0.2) is 11.6 Å². The molecule has 2 aromatic rings. The summed E-state index contributed by atoms with van der Waals surface area (Å²) in [6.07, 6.45) is 4.85. The van der Waals surface area contributed by atoms with E-state index in [1.807, 2.05) is 19.2 Å². The number of fused-ring (bicyclic) bond motifs is 1. The number of halogens is 2. The van der Waals surface area contributed by atoms with Gasteiger partial charge in [0.2, 0.25) is 0 Å². The van der Waals surface area contributed by atoms with Crippen LogP contribution >= 0.6 is 0 Å². The molecule has 1 unspecified atom stereocenters. The highest BCUT2D eigenvalue weighted by atomic mass is 19.2. The number of carbonyl (C=O) groups is 1. The number of hydrogen-bond donors (Lipinski definition) is 1. The highest BCUT2D eigenvalue weighted by molar-refractivity contribution is 5.93. The predicted molar refractivity (Wildman–Crippen MR) is 82.2 cm³/mol. The molecular formula is C16H18F2N4O. The molecule has 0 fully saturated rings. The molecule has 0 aliphatic carbocycles. The molecule has 1 aliphatic heterocycles. The van der Waals surface area contributed by atoms with E-state index in [0.29, 0.717) is 30.8 Å². The van der Waals surface area contributed by atoms with E-state index in [-0.39, 0.29) is 12.1 Å². The zero-order valence-electron chi connectivity index (χ0n) is 12.8. The Balaban J connectivity index is 1.72. The fourth-order valence-corrected chi connectivity index (χ4v) is 2.81. The molecule has 1 aliphatic rings. The number of rotatable bonds is 3. The number of aromatic nitrogens is 2. The summed E-state index contributed by atoms with van der Waals surface area (Å²) in [5.74, 6) is -1.81. The first-order valence-electron chi connectivity index (χ1n) is 7.58. The lowest BCUT2D eigenvalue weighted by Gasteiger charge is -2.30. The third-order valence-corrected chi connectivity index (χ3v) is 3.88. The molecule has 0 saturated carbocycles. The van der Waals surface area contributed by atoms with Crippen molar-refractivity contribution in [3.63, 3.8) is 0 Å². The van der Waals surface area contributed by atoms with Crippen molar-refractivity contribution >= 4 is 11.7 Å². The SMILES string of the molecule is CC(Cn1cccn1)NC(=O)N1CCCc2cc(F)c(F)cc21.